The maximum Gasteiger partial charge on any atom is 0.226 e. The summed E-state index contributed by atoms with van der Waals surface area (Å²) in [6.07, 6.45) is 0. The molecule has 0 radical (unpaired) electrons. The van der Waals surface area contributed by atoms with Gasteiger partial charge in [-0.15, -0.1) is 0 Å². The molecule has 1 aromatic heterocycles. The first-order chi connectivity index (χ1) is 8.67. The second-order valence-corrected chi connectivity index (χ2v) is 3.70. The predicted molar refractivity (Wildman–Crippen MR) is 68.9 cm³/mol. The Kier molecular flexibility index (Phi) is 3.62. The van der Waals surface area contributed by atoms with E-state index in [1.165, 1.54) is 0 Å². The van der Waals surface area contributed by atoms with Crippen LogP contribution in [0, 0.1) is 6.92 Å². The number of aromatic nitrogens is 2. The molecule has 5 heteroatoms. The maximum atomic E-state index is 5.68. The van der Waals surface area contributed by atoms with E-state index in [4.69, 9.17) is 15.2 Å². The molecule has 0 fully saturated rings. The number of nitrogens with two attached hydrogens (primary N) is 1. The minimum absolute atomic E-state index is 0.441. The van der Waals surface area contributed by atoms with Crippen LogP contribution in [0.25, 0.3) is 0 Å². The van der Waals surface area contributed by atoms with Gasteiger partial charge >= 0.3 is 0 Å². The first-order valence-corrected chi connectivity index (χ1v) is 5.69. The molecule has 0 saturated heterocycles. The summed E-state index contributed by atoms with van der Waals surface area (Å²) in [7, 11) is 0. The lowest BCUT2D eigenvalue weighted by Gasteiger charge is -2.08. The Labute approximate surface area is 106 Å². The number of hydrogen-bond donors (Lipinski definition) is 1. The molecular formula is C13H15N3O2. The van der Waals surface area contributed by atoms with E-state index < -0.39 is 0 Å². The number of benzene rings is 1. The summed E-state index contributed by atoms with van der Waals surface area (Å²) in [5.74, 6) is 2.18. The average Bonchev–Trinajstić information content (AvgIpc) is 2.28. The van der Waals surface area contributed by atoms with Gasteiger partial charge in [0.05, 0.1) is 12.7 Å². The van der Waals surface area contributed by atoms with Gasteiger partial charge in [0.25, 0.3) is 0 Å². The van der Waals surface area contributed by atoms with E-state index in [1.54, 1.807) is 25.1 Å². The Bertz CT molecular complexity index is 544. The van der Waals surface area contributed by atoms with Crippen molar-refractivity contribution in [2.24, 2.45) is 0 Å². The van der Waals surface area contributed by atoms with Crippen molar-refractivity contribution < 1.29 is 9.47 Å². The highest BCUT2D eigenvalue weighted by molar-refractivity contribution is 5.44. The van der Waals surface area contributed by atoms with Gasteiger partial charge < -0.3 is 15.2 Å². The Balaban J connectivity index is 2.23. The fraction of sp³-hybridized carbons (Fsp3) is 0.231. The van der Waals surface area contributed by atoms with E-state index in [0.717, 1.165) is 0 Å². The van der Waals surface area contributed by atoms with Gasteiger partial charge in [-0.1, -0.05) is 6.07 Å². The molecule has 1 aromatic carbocycles. The summed E-state index contributed by atoms with van der Waals surface area (Å²) in [5.41, 5.74) is 6.32. The second-order valence-electron chi connectivity index (χ2n) is 3.70. The van der Waals surface area contributed by atoms with Crippen LogP contribution in [0.2, 0.25) is 0 Å². The van der Waals surface area contributed by atoms with E-state index in [1.807, 2.05) is 19.1 Å². The molecule has 0 aliphatic carbocycles. The maximum absolute atomic E-state index is 5.68. The molecule has 0 aliphatic rings. The molecule has 1 heterocycles. The number of hydrogen-bond acceptors (Lipinski definition) is 5. The molecule has 2 aromatic rings. The highest BCUT2D eigenvalue weighted by Gasteiger charge is 2.05. The van der Waals surface area contributed by atoms with Crippen molar-refractivity contribution in [3.05, 3.63) is 36.2 Å². The lowest BCUT2D eigenvalue weighted by atomic mass is 10.3. The fourth-order valence-corrected chi connectivity index (χ4v) is 1.49. The van der Waals surface area contributed by atoms with Crippen molar-refractivity contribution in [2.75, 3.05) is 12.3 Å². The van der Waals surface area contributed by atoms with Crippen molar-refractivity contribution in [1.29, 1.82) is 0 Å². The number of nitrogens with zero attached hydrogens (tertiary/aromatic N) is 2. The third-order valence-corrected chi connectivity index (χ3v) is 2.16. The molecule has 0 aliphatic heterocycles. The summed E-state index contributed by atoms with van der Waals surface area (Å²) < 4.78 is 10.9. The third kappa shape index (κ3) is 3.10. The van der Waals surface area contributed by atoms with Crippen LogP contribution in [-0.4, -0.2) is 16.6 Å². The summed E-state index contributed by atoms with van der Waals surface area (Å²) in [4.78, 5) is 8.33. The van der Waals surface area contributed by atoms with Crippen molar-refractivity contribution in [3.63, 3.8) is 0 Å². The van der Waals surface area contributed by atoms with Crippen LogP contribution in [0.5, 0.6) is 17.5 Å². The van der Waals surface area contributed by atoms with Crippen molar-refractivity contribution >= 4 is 5.69 Å². The molecule has 0 unspecified atom stereocenters. The van der Waals surface area contributed by atoms with Crippen LogP contribution < -0.4 is 15.2 Å². The van der Waals surface area contributed by atoms with Gasteiger partial charge in [0.2, 0.25) is 11.8 Å². The van der Waals surface area contributed by atoms with Gasteiger partial charge in [-0.3, -0.25) is 0 Å². The van der Waals surface area contributed by atoms with Gasteiger partial charge in [0.15, 0.2) is 0 Å². The van der Waals surface area contributed by atoms with Gasteiger partial charge in [0, 0.05) is 11.8 Å². The molecular weight excluding hydrogens is 230 g/mol. The Hall–Kier alpha value is -2.30. The minimum atomic E-state index is 0.441. The highest BCUT2D eigenvalue weighted by Crippen LogP contribution is 2.23. The zero-order valence-corrected chi connectivity index (χ0v) is 10.4. The normalized spacial score (nSPS) is 10.1. The molecule has 0 saturated carbocycles. The molecule has 18 heavy (non-hydrogen) atoms. The summed E-state index contributed by atoms with van der Waals surface area (Å²) in [6, 6.07) is 8.82. The number of anilines is 1. The SMILES string of the molecule is CCOc1cc(Oc2cccc(N)c2)nc(C)n1. The fourth-order valence-electron chi connectivity index (χ4n) is 1.49. The largest absolute Gasteiger partial charge is 0.478 e. The zero-order chi connectivity index (χ0) is 13.0. The number of nitrogen functional groups attached to an aromatic ring is 1. The quantitative estimate of drug-likeness (QED) is 0.838. The predicted octanol–water partition coefficient (Wildman–Crippen LogP) is 2.56. The second kappa shape index (κ2) is 5.35. The highest BCUT2D eigenvalue weighted by atomic mass is 16.5. The zero-order valence-electron chi connectivity index (χ0n) is 10.4. The number of rotatable bonds is 4. The summed E-state index contributed by atoms with van der Waals surface area (Å²) >= 11 is 0. The van der Waals surface area contributed by atoms with Gasteiger partial charge in [-0.25, -0.2) is 0 Å². The molecule has 0 bridgehead atoms. The van der Waals surface area contributed by atoms with Crippen LogP contribution in [0.3, 0.4) is 0 Å². The van der Waals surface area contributed by atoms with Crippen LogP contribution >= 0.6 is 0 Å². The molecule has 5 nitrogen and oxygen atoms in total. The number of aryl methyl sites for hydroxylation is 1. The van der Waals surface area contributed by atoms with E-state index in [2.05, 4.69) is 9.97 Å². The van der Waals surface area contributed by atoms with Crippen LogP contribution in [0.4, 0.5) is 5.69 Å². The molecule has 94 valence electrons. The first kappa shape index (κ1) is 12.2. The number of ether oxygens (including phenoxy) is 2. The lowest BCUT2D eigenvalue weighted by Crippen LogP contribution is -1.99. The summed E-state index contributed by atoms with van der Waals surface area (Å²) in [5, 5.41) is 0. The molecule has 0 atom stereocenters. The minimum Gasteiger partial charge on any atom is -0.478 e. The van der Waals surface area contributed by atoms with Crippen molar-refractivity contribution in [2.45, 2.75) is 13.8 Å². The van der Waals surface area contributed by atoms with E-state index in [0.29, 0.717) is 35.6 Å². The Morgan fingerprint density at radius 3 is 2.67 bits per heavy atom. The lowest BCUT2D eigenvalue weighted by molar-refractivity contribution is 0.321. The van der Waals surface area contributed by atoms with Crippen molar-refractivity contribution in [3.8, 4) is 17.5 Å². The Morgan fingerprint density at radius 2 is 1.94 bits per heavy atom. The average molecular weight is 245 g/mol. The molecule has 0 amide bonds. The van der Waals surface area contributed by atoms with Gasteiger partial charge in [-0.2, -0.15) is 9.97 Å². The van der Waals surface area contributed by atoms with E-state index in [9.17, 15) is 0 Å². The van der Waals surface area contributed by atoms with Gasteiger partial charge in [0.1, 0.15) is 11.6 Å². The Morgan fingerprint density at radius 1 is 1.17 bits per heavy atom. The van der Waals surface area contributed by atoms with Crippen LogP contribution in [-0.2, 0) is 0 Å². The van der Waals surface area contributed by atoms with Crippen molar-refractivity contribution in [1.82, 2.24) is 9.97 Å². The standard InChI is InChI=1S/C13H15N3O2/c1-3-17-12-8-13(16-9(2)15-12)18-11-6-4-5-10(14)7-11/h4-8H,3,14H2,1-2H3. The van der Waals surface area contributed by atoms with E-state index >= 15 is 0 Å². The van der Waals surface area contributed by atoms with E-state index in [-0.39, 0.29) is 0 Å². The first-order valence-electron chi connectivity index (χ1n) is 5.69. The smallest absolute Gasteiger partial charge is 0.226 e. The molecule has 2 N–H and O–H groups in total. The monoisotopic (exact) mass is 245 g/mol. The van der Waals surface area contributed by atoms with Gasteiger partial charge in [-0.05, 0) is 26.0 Å². The van der Waals surface area contributed by atoms with Crippen LogP contribution in [0.1, 0.15) is 12.7 Å². The topological polar surface area (TPSA) is 70.3 Å². The third-order valence-electron chi connectivity index (χ3n) is 2.16. The summed E-state index contributed by atoms with van der Waals surface area (Å²) in [6.45, 7) is 4.23. The molecule has 0 spiro atoms. The van der Waals surface area contributed by atoms with Crippen LogP contribution in [0.15, 0.2) is 30.3 Å². The molecule has 2 rings (SSSR count).